The van der Waals surface area contributed by atoms with Crippen LogP contribution in [-0.2, 0) is 48.0 Å². The molecule has 0 aliphatic carbocycles. The molecule has 0 saturated carbocycles. The summed E-state index contributed by atoms with van der Waals surface area (Å²) in [6.45, 7) is 5.75. The van der Waals surface area contributed by atoms with Crippen LogP contribution in [0.1, 0.15) is 56.7 Å². The highest BCUT2D eigenvalue weighted by atomic mass is 16.6. The number of fused-ring (bicyclic) bond motifs is 2. The van der Waals surface area contributed by atoms with E-state index in [1.807, 2.05) is 54.6 Å². The molecule has 2 aliphatic heterocycles. The first-order valence-electron chi connectivity index (χ1n) is 16.8. The minimum Gasteiger partial charge on any atom is -0.467 e. The molecule has 2 heterocycles. The summed E-state index contributed by atoms with van der Waals surface area (Å²) in [7, 11) is 1.25. The van der Waals surface area contributed by atoms with Crippen molar-refractivity contribution >= 4 is 41.3 Å². The number of benzene rings is 3. The van der Waals surface area contributed by atoms with Gasteiger partial charge in [0.15, 0.2) is 0 Å². The fourth-order valence-electron chi connectivity index (χ4n) is 6.25. The van der Waals surface area contributed by atoms with Crippen molar-refractivity contribution in [3.05, 3.63) is 95.6 Å². The molecular weight excluding hydrogens is 640 g/mol. The lowest BCUT2D eigenvalue weighted by Crippen LogP contribution is -2.57. The number of hydrogen-bond acceptors (Lipinski definition) is 8. The molecule has 0 saturated heterocycles. The van der Waals surface area contributed by atoms with Gasteiger partial charge in [-0.3, -0.25) is 19.4 Å². The maximum atomic E-state index is 14.5. The van der Waals surface area contributed by atoms with Gasteiger partial charge in [0.1, 0.15) is 30.3 Å². The van der Waals surface area contributed by atoms with Crippen LogP contribution in [0.5, 0.6) is 0 Å². The van der Waals surface area contributed by atoms with Crippen molar-refractivity contribution in [3.63, 3.8) is 0 Å². The van der Waals surface area contributed by atoms with Gasteiger partial charge in [0.25, 0.3) is 5.91 Å². The van der Waals surface area contributed by atoms with Gasteiger partial charge in [-0.05, 0) is 68.9 Å². The summed E-state index contributed by atoms with van der Waals surface area (Å²) < 4.78 is 15.9. The first kappa shape index (κ1) is 35.9. The number of hydrogen-bond donors (Lipinski definition) is 2. The number of rotatable bonds is 11. The van der Waals surface area contributed by atoms with Crippen molar-refractivity contribution in [2.24, 2.45) is 0 Å². The Balaban J connectivity index is 1.25. The number of nitrogens with zero attached hydrogens (tertiary/aromatic N) is 2. The van der Waals surface area contributed by atoms with E-state index in [1.165, 1.54) is 16.9 Å². The minimum absolute atomic E-state index is 0.153. The first-order valence-corrected chi connectivity index (χ1v) is 16.8. The summed E-state index contributed by atoms with van der Waals surface area (Å²) in [5, 5.41) is 5.51. The fourth-order valence-corrected chi connectivity index (χ4v) is 6.25. The quantitative estimate of drug-likeness (QED) is 0.162. The summed E-state index contributed by atoms with van der Waals surface area (Å²) in [4.78, 5) is 69.7. The summed E-state index contributed by atoms with van der Waals surface area (Å²) in [6, 6.07) is 21.0. The van der Waals surface area contributed by atoms with E-state index in [2.05, 4.69) is 10.6 Å². The third kappa shape index (κ3) is 8.60. The van der Waals surface area contributed by atoms with E-state index in [0.29, 0.717) is 30.8 Å². The molecule has 0 radical (unpaired) electrons. The van der Waals surface area contributed by atoms with Gasteiger partial charge < -0.3 is 24.8 Å². The molecule has 12 nitrogen and oxygen atoms in total. The molecule has 0 spiro atoms. The standard InChI is InChI=1S/C38H44N4O8/c1-38(2,3)50-37(47)42-30-20-11-9-17-27(30)23-32(42)34(44)41-29-19-10-8-16-26(29)22-31(41)33(43)40-28(35(45)48-4)18-12-13-21-39-36(46)49-24-25-14-6-5-7-15-25/h5-11,14-17,19-20,28,31-32H,12-13,18,21-24H2,1-4H3,(H,39,46)(H,40,43)/t28-,31+,32+/m0/s1. The molecule has 3 aromatic rings. The molecule has 3 atom stereocenters. The van der Waals surface area contributed by atoms with Crippen molar-refractivity contribution in [2.45, 2.75) is 83.2 Å². The molecular formula is C38H44N4O8. The van der Waals surface area contributed by atoms with Crippen LogP contribution in [0.2, 0.25) is 0 Å². The number of methoxy groups -OCH3 is 1. The molecule has 4 amide bonds. The SMILES string of the molecule is COC(=O)[C@H](CCCCNC(=O)OCc1ccccc1)NC(=O)[C@H]1Cc2ccccc2N1C(=O)[C@H]1Cc2ccccc2N1C(=O)OC(C)(C)C. The second-order valence-corrected chi connectivity index (χ2v) is 13.3. The van der Waals surface area contributed by atoms with Crippen LogP contribution >= 0.6 is 0 Å². The van der Waals surface area contributed by atoms with E-state index < -0.39 is 53.7 Å². The van der Waals surface area contributed by atoms with E-state index in [-0.39, 0.29) is 25.9 Å². The molecule has 2 N–H and O–H groups in total. The van der Waals surface area contributed by atoms with E-state index in [9.17, 15) is 24.0 Å². The maximum Gasteiger partial charge on any atom is 0.415 e. The summed E-state index contributed by atoms with van der Waals surface area (Å²) in [6.07, 6.45) is 0.524. The topological polar surface area (TPSA) is 144 Å². The zero-order chi connectivity index (χ0) is 35.8. The molecule has 0 aromatic heterocycles. The molecule has 50 heavy (non-hydrogen) atoms. The number of amides is 4. The molecule has 5 rings (SSSR count). The molecule has 3 aromatic carbocycles. The highest BCUT2D eigenvalue weighted by molar-refractivity contribution is 6.11. The van der Waals surface area contributed by atoms with Crippen molar-refractivity contribution in [1.29, 1.82) is 0 Å². The smallest absolute Gasteiger partial charge is 0.415 e. The van der Waals surface area contributed by atoms with E-state index in [0.717, 1.165) is 16.7 Å². The average Bonchev–Trinajstić information content (AvgIpc) is 3.69. The van der Waals surface area contributed by atoms with Crippen molar-refractivity contribution in [1.82, 2.24) is 10.6 Å². The number of para-hydroxylation sites is 2. The molecule has 264 valence electrons. The van der Waals surface area contributed by atoms with Crippen LogP contribution in [0.4, 0.5) is 21.0 Å². The zero-order valence-electron chi connectivity index (χ0n) is 28.8. The van der Waals surface area contributed by atoms with Crippen molar-refractivity contribution in [3.8, 4) is 0 Å². The molecule has 0 unspecified atom stereocenters. The largest absolute Gasteiger partial charge is 0.467 e. The van der Waals surface area contributed by atoms with E-state index in [4.69, 9.17) is 14.2 Å². The third-order valence-corrected chi connectivity index (χ3v) is 8.57. The maximum absolute atomic E-state index is 14.5. The molecule has 0 bridgehead atoms. The number of unbranched alkanes of at least 4 members (excludes halogenated alkanes) is 1. The van der Waals surface area contributed by atoms with Gasteiger partial charge in [-0.1, -0.05) is 66.7 Å². The Morgan fingerprint density at radius 3 is 2.04 bits per heavy atom. The summed E-state index contributed by atoms with van der Waals surface area (Å²) in [5.41, 5.74) is 2.83. The van der Waals surface area contributed by atoms with Crippen LogP contribution in [-0.4, -0.2) is 67.4 Å². The van der Waals surface area contributed by atoms with Gasteiger partial charge in [-0.25, -0.2) is 14.4 Å². The number of ether oxygens (including phenoxy) is 3. The number of carbonyl (C=O) groups is 5. The predicted octanol–water partition coefficient (Wildman–Crippen LogP) is 5.07. The number of carbonyl (C=O) groups excluding carboxylic acids is 5. The second-order valence-electron chi connectivity index (χ2n) is 13.3. The zero-order valence-corrected chi connectivity index (χ0v) is 28.8. The van der Waals surface area contributed by atoms with Crippen molar-refractivity contribution in [2.75, 3.05) is 23.5 Å². The van der Waals surface area contributed by atoms with Crippen molar-refractivity contribution < 1.29 is 38.2 Å². The van der Waals surface area contributed by atoms with Crippen LogP contribution in [0.25, 0.3) is 0 Å². The Morgan fingerprint density at radius 2 is 1.40 bits per heavy atom. The summed E-state index contributed by atoms with van der Waals surface area (Å²) >= 11 is 0. The first-order chi connectivity index (χ1) is 24.0. The van der Waals surface area contributed by atoms with Crippen LogP contribution in [0.3, 0.4) is 0 Å². The summed E-state index contributed by atoms with van der Waals surface area (Å²) in [5.74, 6) is -1.58. The van der Waals surface area contributed by atoms with E-state index in [1.54, 1.807) is 45.0 Å². The fraction of sp³-hybridized carbons (Fsp3) is 0.395. The Labute approximate surface area is 292 Å². The predicted molar refractivity (Wildman–Crippen MR) is 186 cm³/mol. The van der Waals surface area contributed by atoms with Crippen LogP contribution in [0, 0.1) is 0 Å². The van der Waals surface area contributed by atoms with Crippen LogP contribution < -0.4 is 20.4 Å². The van der Waals surface area contributed by atoms with Gasteiger partial charge in [-0.15, -0.1) is 0 Å². The average molecular weight is 685 g/mol. The highest BCUT2D eigenvalue weighted by Gasteiger charge is 2.47. The Kier molecular flexibility index (Phi) is 11.4. The van der Waals surface area contributed by atoms with Gasteiger partial charge in [0, 0.05) is 25.1 Å². The Hall–Kier alpha value is -5.39. The van der Waals surface area contributed by atoms with Gasteiger partial charge in [0.05, 0.1) is 12.8 Å². The molecule has 2 aliphatic rings. The molecule has 12 heteroatoms. The van der Waals surface area contributed by atoms with Gasteiger partial charge >= 0.3 is 18.2 Å². The number of esters is 1. The molecule has 0 fully saturated rings. The van der Waals surface area contributed by atoms with E-state index >= 15 is 0 Å². The monoisotopic (exact) mass is 684 g/mol. The highest BCUT2D eigenvalue weighted by Crippen LogP contribution is 2.38. The number of alkyl carbamates (subject to hydrolysis) is 1. The third-order valence-electron chi connectivity index (χ3n) is 8.57. The number of nitrogens with one attached hydrogen (secondary N) is 2. The Bertz CT molecular complexity index is 1710. The minimum atomic E-state index is -0.979. The normalized spacial score (nSPS) is 16.9. The van der Waals surface area contributed by atoms with Crippen LogP contribution in [0.15, 0.2) is 78.9 Å². The Morgan fingerprint density at radius 1 is 0.800 bits per heavy atom. The lowest BCUT2D eigenvalue weighted by atomic mass is 10.1. The van der Waals surface area contributed by atoms with Gasteiger partial charge in [0.2, 0.25) is 5.91 Å². The lowest BCUT2D eigenvalue weighted by molar-refractivity contribution is -0.145. The second kappa shape index (κ2) is 15.9. The lowest BCUT2D eigenvalue weighted by Gasteiger charge is -2.33. The van der Waals surface area contributed by atoms with Gasteiger partial charge in [-0.2, -0.15) is 0 Å². The number of anilines is 2.